The van der Waals surface area contributed by atoms with Gasteiger partial charge in [0.15, 0.2) is 0 Å². The van der Waals surface area contributed by atoms with Gasteiger partial charge in [0.1, 0.15) is 6.04 Å². The number of anilines is 1. The van der Waals surface area contributed by atoms with E-state index < -0.39 is 11.9 Å². The fraction of sp³-hybridized carbons (Fsp3) is 0.471. The number of rotatable bonds is 9. The predicted octanol–water partition coefficient (Wildman–Crippen LogP) is 2.20. The van der Waals surface area contributed by atoms with Gasteiger partial charge in [-0.15, -0.1) is 0 Å². The maximum Gasteiger partial charge on any atom is 0.252 e. The van der Waals surface area contributed by atoms with Crippen LogP contribution in [0.4, 0.5) is 5.69 Å². The van der Waals surface area contributed by atoms with Gasteiger partial charge in [-0.2, -0.15) is 0 Å². The van der Waals surface area contributed by atoms with E-state index in [2.05, 4.69) is 17.6 Å². The van der Waals surface area contributed by atoms with Crippen LogP contribution >= 0.6 is 0 Å². The van der Waals surface area contributed by atoms with Crippen LogP contribution in [0.15, 0.2) is 24.3 Å². The van der Waals surface area contributed by atoms with E-state index in [1.54, 1.807) is 24.3 Å². The Bertz CT molecular complexity index is 558. The zero-order valence-corrected chi connectivity index (χ0v) is 13.7. The van der Waals surface area contributed by atoms with Gasteiger partial charge in [0.2, 0.25) is 11.8 Å². The second-order valence-electron chi connectivity index (χ2n) is 5.54. The molecule has 1 aromatic rings. The number of nitrogens with two attached hydrogens (primary N) is 1. The second kappa shape index (κ2) is 9.61. The van der Waals surface area contributed by atoms with E-state index in [1.165, 1.54) is 6.92 Å². The summed E-state index contributed by atoms with van der Waals surface area (Å²) in [6.45, 7) is 3.50. The molecule has 0 spiro atoms. The lowest BCUT2D eigenvalue weighted by Gasteiger charge is -2.15. The highest BCUT2D eigenvalue weighted by Gasteiger charge is 2.18. The maximum absolute atomic E-state index is 12.3. The summed E-state index contributed by atoms with van der Waals surface area (Å²) < 4.78 is 0. The third-order valence-corrected chi connectivity index (χ3v) is 3.44. The molecule has 0 heterocycles. The lowest BCUT2D eigenvalue weighted by Crippen LogP contribution is -2.44. The monoisotopic (exact) mass is 319 g/mol. The molecule has 0 saturated carbocycles. The molecule has 126 valence electrons. The quantitative estimate of drug-likeness (QED) is 0.608. The number of amides is 3. The van der Waals surface area contributed by atoms with Crippen LogP contribution in [0.3, 0.4) is 0 Å². The minimum atomic E-state index is -0.677. The van der Waals surface area contributed by atoms with Gasteiger partial charge in [-0.3, -0.25) is 14.4 Å². The van der Waals surface area contributed by atoms with Gasteiger partial charge in [0.05, 0.1) is 0 Å². The third-order valence-electron chi connectivity index (χ3n) is 3.44. The molecule has 0 saturated heterocycles. The van der Waals surface area contributed by atoms with E-state index >= 15 is 0 Å². The second-order valence-corrected chi connectivity index (χ2v) is 5.54. The van der Waals surface area contributed by atoms with E-state index in [-0.39, 0.29) is 11.8 Å². The van der Waals surface area contributed by atoms with Gasteiger partial charge in [0.25, 0.3) is 5.91 Å². The average molecular weight is 319 g/mol. The molecule has 0 fully saturated rings. The van der Waals surface area contributed by atoms with Gasteiger partial charge in [-0.1, -0.05) is 38.7 Å². The molecule has 6 heteroatoms. The van der Waals surface area contributed by atoms with Crippen LogP contribution in [-0.2, 0) is 9.59 Å². The summed E-state index contributed by atoms with van der Waals surface area (Å²) in [6.07, 6.45) is 4.58. The Labute approximate surface area is 136 Å². The number of unbranched alkanes of at least 4 members (excludes halogenated alkanes) is 3. The summed E-state index contributed by atoms with van der Waals surface area (Å²) in [4.78, 5) is 34.8. The number of carbonyl (C=O) groups excluding carboxylic acids is 3. The molecule has 0 aliphatic heterocycles. The van der Waals surface area contributed by atoms with Crippen molar-refractivity contribution in [1.82, 2.24) is 5.32 Å². The zero-order chi connectivity index (χ0) is 17.2. The van der Waals surface area contributed by atoms with Crippen molar-refractivity contribution in [3.63, 3.8) is 0 Å². The van der Waals surface area contributed by atoms with Crippen molar-refractivity contribution in [1.29, 1.82) is 0 Å². The maximum atomic E-state index is 12.3. The molecule has 0 radical (unpaired) electrons. The lowest BCUT2D eigenvalue weighted by atomic mass is 10.1. The molecule has 1 aromatic carbocycles. The van der Waals surface area contributed by atoms with Crippen molar-refractivity contribution in [3.05, 3.63) is 29.8 Å². The summed E-state index contributed by atoms with van der Waals surface area (Å²) in [7, 11) is 0. The molecule has 23 heavy (non-hydrogen) atoms. The SMILES string of the molecule is CCCCCC[C@H](NC(=O)c1cccc(NC(C)=O)c1)C(N)=O. The van der Waals surface area contributed by atoms with Crippen LogP contribution in [0.25, 0.3) is 0 Å². The van der Waals surface area contributed by atoms with Crippen LogP contribution in [0.5, 0.6) is 0 Å². The molecular weight excluding hydrogens is 294 g/mol. The third kappa shape index (κ3) is 6.95. The predicted molar refractivity (Wildman–Crippen MR) is 90.0 cm³/mol. The van der Waals surface area contributed by atoms with E-state index in [9.17, 15) is 14.4 Å². The van der Waals surface area contributed by atoms with E-state index in [4.69, 9.17) is 5.73 Å². The van der Waals surface area contributed by atoms with Gasteiger partial charge in [-0.05, 0) is 24.6 Å². The Morgan fingerprint density at radius 3 is 2.52 bits per heavy atom. The number of primary amides is 1. The first kappa shape index (κ1) is 18.7. The average Bonchev–Trinajstić information content (AvgIpc) is 2.49. The zero-order valence-electron chi connectivity index (χ0n) is 13.7. The van der Waals surface area contributed by atoms with Crippen molar-refractivity contribution in [2.75, 3.05) is 5.32 Å². The molecule has 0 aliphatic rings. The van der Waals surface area contributed by atoms with Gasteiger partial charge < -0.3 is 16.4 Å². The van der Waals surface area contributed by atoms with Crippen LogP contribution < -0.4 is 16.4 Å². The Kier molecular flexibility index (Phi) is 7.80. The molecule has 4 N–H and O–H groups in total. The van der Waals surface area contributed by atoms with E-state index in [0.29, 0.717) is 17.7 Å². The molecule has 0 aromatic heterocycles. The van der Waals surface area contributed by atoms with Crippen LogP contribution in [0.1, 0.15) is 56.3 Å². The molecule has 0 aliphatic carbocycles. The fourth-order valence-corrected chi connectivity index (χ4v) is 2.24. The fourth-order valence-electron chi connectivity index (χ4n) is 2.24. The highest BCUT2D eigenvalue weighted by Crippen LogP contribution is 2.12. The van der Waals surface area contributed by atoms with Crippen LogP contribution in [-0.4, -0.2) is 23.8 Å². The highest BCUT2D eigenvalue weighted by atomic mass is 16.2. The van der Waals surface area contributed by atoms with Crippen molar-refractivity contribution >= 4 is 23.4 Å². The van der Waals surface area contributed by atoms with Crippen molar-refractivity contribution < 1.29 is 14.4 Å². The van der Waals surface area contributed by atoms with E-state index in [1.807, 2.05) is 0 Å². The summed E-state index contributed by atoms with van der Waals surface area (Å²) >= 11 is 0. The van der Waals surface area contributed by atoms with Crippen LogP contribution in [0, 0.1) is 0 Å². The van der Waals surface area contributed by atoms with Gasteiger partial charge in [-0.25, -0.2) is 0 Å². The normalized spacial score (nSPS) is 11.6. The first-order chi connectivity index (χ1) is 10.9. The summed E-state index contributed by atoms with van der Waals surface area (Å²) in [5, 5.41) is 5.28. The molecule has 3 amide bonds. The number of nitrogens with one attached hydrogen (secondary N) is 2. The Hall–Kier alpha value is -2.37. The summed E-state index contributed by atoms with van der Waals surface area (Å²) in [5.41, 5.74) is 6.27. The minimum Gasteiger partial charge on any atom is -0.368 e. The van der Waals surface area contributed by atoms with Crippen molar-refractivity contribution in [2.45, 2.75) is 52.0 Å². The molecular formula is C17H25N3O3. The van der Waals surface area contributed by atoms with Crippen LogP contribution in [0.2, 0.25) is 0 Å². The number of hydrogen-bond donors (Lipinski definition) is 3. The van der Waals surface area contributed by atoms with Crippen molar-refractivity contribution in [3.8, 4) is 0 Å². The largest absolute Gasteiger partial charge is 0.368 e. The lowest BCUT2D eigenvalue weighted by molar-refractivity contribution is -0.120. The van der Waals surface area contributed by atoms with E-state index in [0.717, 1.165) is 25.7 Å². The smallest absolute Gasteiger partial charge is 0.252 e. The Morgan fingerprint density at radius 2 is 1.91 bits per heavy atom. The summed E-state index contributed by atoms with van der Waals surface area (Å²) in [5.74, 6) is -1.13. The van der Waals surface area contributed by atoms with Gasteiger partial charge >= 0.3 is 0 Å². The molecule has 6 nitrogen and oxygen atoms in total. The topological polar surface area (TPSA) is 101 Å². The van der Waals surface area contributed by atoms with Crippen molar-refractivity contribution in [2.24, 2.45) is 5.73 Å². The molecule has 1 rings (SSSR count). The molecule has 0 unspecified atom stereocenters. The number of hydrogen-bond acceptors (Lipinski definition) is 3. The van der Waals surface area contributed by atoms with Gasteiger partial charge in [0, 0.05) is 18.2 Å². The first-order valence-electron chi connectivity index (χ1n) is 7.92. The highest BCUT2D eigenvalue weighted by molar-refractivity contribution is 5.99. The number of carbonyl (C=O) groups is 3. The summed E-state index contributed by atoms with van der Waals surface area (Å²) in [6, 6.07) is 5.86. The minimum absolute atomic E-state index is 0.214. The first-order valence-corrected chi connectivity index (χ1v) is 7.92. The number of benzene rings is 1. The Balaban J connectivity index is 2.67. The Morgan fingerprint density at radius 1 is 1.17 bits per heavy atom. The standard InChI is InChI=1S/C17H25N3O3/c1-3-4-5-6-10-15(16(18)22)20-17(23)13-8-7-9-14(11-13)19-12(2)21/h7-9,11,15H,3-6,10H2,1-2H3,(H2,18,22)(H,19,21)(H,20,23)/t15-/m0/s1. The molecule has 1 atom stereocenters. The molecule has 0 bridgehead atoms.